The molecule has 0 amide bonds. The Hall–Kier alpha value is -0.830. The van der Waals surface area contributed by atoms with Gasteiger partial charge in [-0.2, -0.15) is 0 Å². The normalized spacial score (nSPS) is 10.8. The Balaban J connectivity index is 2.90. The van der Waals surface area contributed by atoms with Gasteiger partial charge in [-0.15, -0.1) is 0 Å². The predicted molar refractivity (Wildman–Crippen MR) is 60.7 cm³/mol. The van der Waals surface area contributed by atoms with E-state index in [4.69, 9.17) is 0 Å². The van der Waals surface area contributed by atoms with Gasteiger partial charge >= 0.3 is 0 Å². The van der Waals surface area contributed by atoms with E-state index in [2.05, 4.69) is 27.0 Å². The summed E-state index contributed by atoms with van der Waals surface area (Å²) in [5.41, 5.74) is 2.18. The first-order valence-corrected chi connectivity index (χ1v) is 4.85. The third-order valence-electron chi connectivity index (χ3n) is 1.59. The van der Waals surface area contributed by atoms with E-state index in [0.717, 1.165) is 10.2 Å². The third-order valence-corrected chi connectivity index (χ3v) is 2.08. The lowest BCUT2D eigenvalue weighted by Crippen LogP contribution is -2.07. The highest BCUT2D eigenvalue weighted by atomic mass is 79.9. The van der Waals surface area contributed by atoms with Crippen LogP contribution in [0.5, 0.6) is 0 Å². The van der Waals surface area contributed by atoms with Crippen LogP contribution in [0.25, 0.3) is 0 Å². The molecule has 0 aromatic heterocycles. The van der Waals surface area contributed by atoms with Crippen LogP contribution in [0.15, 0.2) is 27.7 Å². The maximum absolute atomic E-state index is 4.33. The van der Waals surface area contributed by atoms with Gasteiger partial charge in [-0.1, -0.05) is 15.9 Å². The molecule has 0 unspecified atom stereocenters. The molecule has 0 saturated carbocycles. The van der Waals surface area contributed by atoms with E-state index in [1.54, 1.807) is 6.34 Å². The van der Waals surface area contributed by atoms with Crippen LogP contribution in [0.4, 0.5) is 5.69 Å². The van der Waals surface area contributed by atoms with Crippen LogP contribution in [0.3, 0.4) is 0 Å². The molecule has 0 bridgehead atoms. The van der Waals surface area contributed by atoms with Crippen molar-refractivity contribution >= 4 is 28.0 Å². The van der Waals surface area contributed by atoms with Gasteiger partial charge in [0.05, 0.1) is 12.0 Å². The lowest BCUT2D eigenvalue weighted by molar-refractivity contribution is 0.643. The van der Waals surface area contributed by atoms with Crippen molar-refractivity contribution in [1.29, 1.82) is 0 Å². The van der Waals surface area contributed by atoms with E-state index in [1.165, 1.54) is 5.56 Å². The van der Waals surface area contributed by atoms with Gasteiger partial charge < -0.3 is 4.90 Å². The molecule has 0 N–H and O–H groups in total. The van der Waals surface area contributed by atoms with Gasteiger partial charge in [0, 0.05) is 18.6 Å². The van der Waals surface area contributed by atoms with Crippen molar-refractivity contribution in [2.45, 2.75) is 6.92 Å². The molecule has 0 saturated heterocycles. The Kier molecular flexibility index (Phi) is 3.48. The molecule has 0 heterocycles. The molecule has 2 nitrogen and oxygen atoms in total. The van der Waals surface area contributed by atoms with Crippen LogP contribution in [-0.2, 0) is 0 Å². The largest absolute Gasteiger partial charge is 0.369 e. The lowest BCUT2D eigenvalue weighted by Gasteiger charge is -2.04. The molecule has 0 radical (unpaired) electrons. The summed E-state index contributed by atoms with van der Waals surface area (Å²) in [6, 6.07) is 6.05. The van der Waals surface area contributed by atoms with E-state index in [1.807, 2.05) is 38.1 Å². The van der Waals surface area contributed by atoms with Gasteiger partial charge in [0.2, 0.25) is 0 Å². The van der Waals surface area contributed by atoms with Gasteiger partial charge in [0.1, 0.15) is 0 Å². The van der Waals surface area contributed by atoms with Crippen LogP contribution in [0.2, 0.25) is 0 Å². The molecular weight excluding hydrogens is 228 g/mol. The highest BCUT2D eigenvalue weighted by Crippen LogP contribution is 2.22. The number of benzene rings is 1. The minimum Gasteiger partial charge on any atom is -0.369 e. The lowest BCUT2D eigenvalue weighted by atomic mass is 10.2. The predicted octanol–water partition coefficient (Wildman–Crippen LogP) is 2.98. The van der Waals surface area contributed by atoms with Gasteiger partial charge in [-0.25, -0.2) is 4.99 Å². The van der Waals surface area contributed by atoms with E-state index in [-0.39, 0.29) is 0 Å². The van der Waals surface area contributed by atoms with Gasteiger partial charge in [0.25, 0.3) is 0 Å². The zero-order valence-electron chi connectivity index (χ0n) is 8.08. The first kappa shape index (κ1) is 10.3. The van der Waals surface area contributed by atoms with Gasteiger partial charge in [-0.05, 0) is 30.7 Å². The average Bonchev–Trinajstić information content (AvgIpc) is 2.02. The summed E-state index contributed by atoms with van der Waals surface area (Å²) in [5, 5.41) is 0. The molecule has 0 aliphatic carbocycles. The summed E-state index contributed by atoms with van der Waals surface area (Å²) in [6.07, 6.45) is 1.80. The summed E-state index contributed by atoms with van der Waals surface area (Å²) >= 11 is 3.41. The second-order valence-corrected chi connectivity index (χ2v) is 4.05. The summed E-state index contributed by atoms with van der Waals surface area (Å²) in [6.45, 7) is 2.05. The van der Waals surface area contributed by atoms with Crippen molar-refractivity contribution in [3.05, 3.63) is 28.2 Å². The minimum absolute atomic E-state index is 1.01. The van der Waals surface area contributed by atoms with Gasteiger partial charge in [-0.3, -0.25) is 0 Å². The van der Waals surface area contributed by atoms with Crippen LogP contribution in [0, 0.1) is 6.92 Å². The number of hydrogen-bond acceptors (Lipinski definition) is 1. The van der Waals surface area contributed by atoms with Crippen molar-refractivity contribution < 1.29 is 0 Å². The van der Waals surface area contributed by atoms with Crippen LogP contribution < -0.4 is 0 Å². The molecule has 1 aromatic rings. The number of aryl methyl sites for hydroxylation is 1. The molecule has 0 aliphatic rings. The molecule has 0 aliphatic heterocycles. The molecule has 0 fully saturated rings. The van der Waals surface area contributed by atoms with E-state index in [0.29, 0.717) is 0 Å². The SMILES string of the molecule is Cc1cc(Br)ccc1N=CN(C)C. The Labute approximate surface area is 87.4 Å². The van der Waals surface area contributed by atoms with E-state index < -0.39 is 0 Å². The first-order chi connectivity index (χ1) is 6.09. The summed E-state index contributed by atoms with van der Waals surface area (Å²) < 4.78 is 1.09. The highest BCUT2D eigenvalue weighted by Gasteiger charge is 1.95. The second-order valence-electron chi connectivity index (χ2n) is 3.14. The van der Waals surface area contributed by atoms with Crippen LogP contribution in [-0.4, -0.2) is 25.3 Å². The molecule has 0 atom stereocenters. The van der Waals surface area contributed by atoms with Crippen LogP contribution >= 0.6 is 15.9 Å². The average molecular weight is 241 g/mol. The van der Waals surface area contributed by atoms with Crippen molar-refractivity contribution in [3.63, 3.8) is 0 Å². The maximum atomic E-state index is 4.33. The summed E-state index contributed by atoms with van der Waals surface area (Å²) in [7, 11) is 3.91. The Bertz CT molecular complexity index is 319. The smallest absolute Gasteiger partial charge is 0.0907 e. The first-order valence-electron chi connectivity index (χ1n) is 4.06. The summed E-state index contributed by atoms with van der Waals surface area (Å²) in [5.74, 6) is 0. The standard InChI is InChI=1S/C10H13BrN2/c1-8-6-9(11)4-5-10(8)12-7-13(2)3/h4-7H,1-3H3. The molecular formula is C10H13BrN2. The fourth-order valence-electron chi connectivity index (χ4n) is 0.941. The number of aliphatic imine (C=N–C) groups is 1. The third kappa shape index (κ3) is 3.19. The molecule has 0 spiro atoms. The monoisotopic (exact) mass is 240 g/mol. The number of halogens is 1. The Morgan fingerprint density at radius 2 is 2.08 bits per heavy atom. The Morgan fingerprint density at radius 1 is 1.38 bits per heavy atom. The summed E-state index contributed by atoms with van der Waals surface area (Å²) in [4.78, 5) is 6.24. The molecule has 1 aromatic carbocycles. The zero-order chi connectivity index (χ0) is 9.84. The Morgan fingerprint density at radius 3 is 2.62 bits per heavy atom. The topological polar surface area (TPSA) is 15.6 Å². The van der Waals surface area contributed by atoms with Crippen LogP contribution in [0.1, 0.15) is 5.56 Å². The van der Waals surface area contributed by atoms with Crippen molar-refractivity contribution in [2.24, 2.45) is 4.99 Å². The van der Waals surface area contributed by atoms with Crippen molar-refractivity contribution in [2.75, 3.05) is 14.1 Å². The maximum Gasteiger partial charge on any atom is 0.0907 e. The van der Waals surface area contributed by atoms with Gasteiger partial charge in [0.15, 0.2) is 0 Å². The molecule has 13 heavy (non-hydrogen) atoms. The van der Waals surface area contributed by atoms with E-state index in [9.17, 15) is 0 Å². The fourth-order valence-corrected chi connectivity index (χ4v) is 1.42. The molecule has 1 rings (SSSR count). The van der Waals surface area contributed by atoms with E-state index >= 15 is 0 Å². The minimum atomic E-state index is 1.01. The molecule has 3 heteroatoms. The highest BCUT2D eigenvalue weighted by molar-refractivity contribution is 9.10. The number of hydrogen-bond donors (Lipinski definition) is 0. The fraction of sp³-hybridized carbons (Fsp3) is 0.300. The second kappa shape index (κ2) is 4.42. The van der Waals surface area contributed by atoms with Crippen molar-refractivity contribution in [1.82, 2.24) is 4.90 Å². The quantitative estimate of drug-likeness (QED) is 0.574. The molecule has 70 valence electrons. The number of nitrogens with zero attached hydrogens (tertiary/aromatic N) is 2. The zero-order valence-corrected chi connectivity index (χ0v) is 9.67. The van der Waals surface area contributed by atoms with Crippen molar-refractivity contribution in [3.8, 4) is 0 Å². The number of rotatable bonds is 2.